The van der Waals surface area contributed by atoms with Crippen LogP contribution in [-0.4, -0.2) is 25.8 Å². The lowest BCUT2D eigenvalue weighted by atomic mass is 10.1. The summed E-state index contributed by atoms with van der Waals surface area (Å²) in [5.41, 5.74) is 0.120. The number of ether oxygens (including phenoxy) is 1. The van der Waals surface area contributed by atoms with E-state index >= 15 is 0 Å². The molecular formula is C13H14F3NO. The predicted octanol–water partition coefficient (Wildman–Crippen LogP) is 2.71. The van der Waals surface area contributed by atoms with Crippen LogP contribution in [0.1, 0.15) is 11.1 Å². The summed E-state index contributed by atoms with van der Waals surface area (Å²) in [6, 6.07) is 5.22. The largest absolute Gasteiger partial charge is 0.416 e. The Kier molecular flexibility index (Phi) is 4.04. The molecule has 0 bridgehead atoms. The minimum Gasteiger partial charge on any atom is -0.378 e. The highest BCUT2D eigenvalue weighted by Crippen LogP contribution is 2.29. The second-order valence-corrected chi connectivity index (χ2v) is 4.11. The number of halogens is 3. The molecule has 0 aromatic heterocycles. The van der Waals surface area contributed by atoms with Gasteiger partial charge in [0.2, 0.25) is 0 Å². The maximum absolute atomic E-state index is 12.4. The quantitative estimate of drug-likeness (QED) is 0.879. The number of hydrogen-bond donors (Lipinski definition) is 1. The highest BCUT2D eigenvalue weighted by molar-refractivity contribution is 5.50. The average Bonchev–Trinajstić information content (AvgIpc) is 2.37. The lowest BCUT2D eigenvalue weighted by Crippen LogP contribution is -2.39. The van der Waals surface area contributed by atoms with Gasteiger partial charge in [-0.25, -0.2) is 0 Å². The summed E-state index contributed by atoms with van der Waals surface area (Å²) in [7, 11) is 0. The third kappa shape index (κ3) is 3.58. The van der Waals surface area contributed by atoms with Crippen molar-refractivity contribution in [2.24, 2.45) is 0 Å². The first kappa shape index (κ1) is 13.1. The molecule has 1 aromatic rings. The summed E-state index contributed by atoms with van der Waals surface area (Å²) in [4.78, 5) is 0. The van der Waals surface area contributed by atoms with Gasteiger partial charge in [0.05, 0.1) is 18.8 Å². The second-order valence-electron chi connectivity index (χ2n) is 4.11. The van der Waals surface area contributed by atoms with Crippen LogP contribution in [0.2, 0.25) is 0 Å². The molecule has 0 radical (unpaired) electrons. The zero-order valence-corrected chi connectivity index (χ0v) is 9.70. The van der Waals surface area contributed by atoms with Gasteiger partial charge >= 0.3 is 6.18 Å². The Morgan fingerprint density at radius 3 is 2.50 bits per heavy atom. The third-order valence-corrected chi connectivity index (χ3v) is 2.71. The van der Waals surface area contributed by atoms with Crippen LogP contribution in [0.15, 0.2) is 30.3 Å². The molecule has 1 aliphatic heterocycles. The molecule has 1 fully saturated rings. The fourth-order valence-corrected chi connectivity index (χ4v) is 1.72. The highest BCUT2D eigenvalue weighted by Gasteiger charge is 2.29. The van der Waals surface area contributed by atoms with Gasteiger partial charge < -0.3 is 10.1 Å². The number of morpholine rings is 1. The Morgan fingerprint density at radius 2 is 1.94 bits per heavy atom. The topological polar surface area (TPSA) is 21.3 Å². The fourth-order valence-electron chi connectivity index (χ4n) is 1.72. The van der Waals surface area contributed by atoms with Gasteiger partial charge in [-0.1, -0.05) is 24.3 Å². The van der Waals surface area contributed by atoms with E-state index in [1.54, 1.807) is 6.08 Å². The zero-order chi connectivity index (χ0) is 13.0. The maximum Gasteiger partial charge on any atom is 0.416 e. The SMILES string of the molecule is FC(F)(F)c1ccc(/C=C/C2COCCN2)cc1. The third-order valence-electron chi connectivity index (χ3n) is 2.71. The lowest BCUT2D eigenvalue weighted by molar-refractivity contribution is -0.137. The van der Waals surface area contributed by atoms with Crippen molar-refractivity contribution in [3.05, 3.63) is 41.5 Å². The van der Waals surface area contributed by atoms with E-state index in [0.29, 0.717) is 13.2 Å². The van der Waals surface area contributed by atoms with Crippen LogP contribution in [0.3, 0.4) is 0 Å². The van der Waals surface area contributed by atoms with Crippen molar-refractivity contribution in [3.63, 3.8) is 0 Å². The molecule has 0 aliphatic carbocycles. The van der Waals surface area contributed by atoms with Crippen LogP contribution in [0, 0.1) is 0 Å². The van der Waals surface area contributed by atoms with Crippen molar-refractivity contribution in [3.8, 4) is 0 Å². The lowest BCUT2D eigenvalue weighted by Gasteiger charge is -2.20. The van der Waals surface area contributed by atoms with E-state index in [0.717, 1.165) is 24.2 Å². The first-order valence-electron chi connectivity index (χ1n) is 5.72. The molecule has 1 unspecified atom stereocenters. The standard InChI is InChI=1S/C13H14F3NO/c14-13(15,16)11-4-1-10(2-5-11)3-6-12-9-18-8-7-17-12/h1-6,12,17H,7-9H2/b6-3+. The van der Waals surface area contributed by atoms with E-state index in [4.69, 9.17) is 4.74 Å². The Bertz CT molecular complexity index is 405. The first-order chi connectivity index (χ1) is 8.55. The average molecular weight is 257 g/mol. The molecule has 1 N–H and O–H groups in total. The Hall–Kier alpha value is -1.33. The van der Waals surface area contributed by atoms with E-state index in [1.165, 1.54) is 12.1 Å². The normalized spacial score (nSPS) is 21.4. The zero-order valence-electron chi connectivity index (χ0n) is 9.70. The maximum atomic E-state index is 12.4. The molecule has 1 heterocycles. The number of benzene rings is 1. The van der Waals surface area contributed by atoms with E-state index in [1.807, 2.05) is 6.08 Å². The summed E-state index contributed by atoms with van der Waals surface area (Å²) in [5, 5.41) is 3.23. The van der Waals surface area contributed by atoms with E-state index in [2.05, 4.69) is 5.32 Å². The molecule has 2 rings (SSSR count). The molecule has 1 atom stereocenters. The summed E-state index contributed by atoms with van der Waals surface area (Å²) in [6.45, 7) is 2.09. The van der Waals surface area contributed by atoms with Gasteiger partial charge in [0, 0.05) is 12.6 Å². The Morgan fingerprint density at radius 1 is 1.22 bits per heavy atom. The molecule has 1 saturated heterocycles. The molecule has 0 spiro atoms. The fraction of sp³-hybridized carbons (Fsp3) is 0.385. The monoisotopic (exact) mass is 257 g/mol. The number of nitrogens with one attached hydrogen (secondary N) is 1. The molecule has 98 valence electrons. The molecule has 5 heteroatoms. The van der Waals surface area contributed by atoms with Gasteiger partial charge in [0.15, 0.2) is 0 Å². The number of rotatable bonds is 2. The predicted molar refractivity (Wildman–Crippen MR) is 63.1 cm³/mol. The number of hydrogen-bond acceptors (Lipinski definition) is 2. The van der Waals surface area contributed by atoms with E-state index in [-0.39, 0.29) is 6.04 Å². The van der Waals surface area contributed by atoms with E-state index < -0.39 is 11.7 Å². The van der Waals surface area contributed by atoms with Crippen LogP contribution in [0.25, 0.3) is 6.08 Å². The van der Waals surface area contributed by atoms with Crippen molar-refractivity contribution in [2.45, 2.75) is 12.2 Å². The summed E-state index contributed by atoms with van der Waals surface area (Å²) in [6.07, 6.45) is -0.574. The van der Waals surface area contributed by atoms with Crippen LogP contribution in [-0.2, 0) is 10.9 Å². The van der Waals surface area contributed by atoms with Crippen LogP contribution < -0.4 is 5.32 Å². The van der Waals surface area contributed by atoms with Crippen molar-refractivity contribution in [1.29, 1.82) is 0 Å². The van der Waals surface area contributed by atoms with Crippen molar-refractivity contribution in [2.75, 3.05) is 19.8 Å². The van der Waals surface area contributed by atoms with Gasteiger partial charge in [-0.15, -0.1) is 0 Å². The van der Waals surface area contributed by atoms with Crippen molar-refractivity contribution in [1.82, 2.24) is 5.32 Å². The molecule has 1 aliphatic rings. The summed E-state index contributed by atoms with van der Waals surface area (Å²) < 4.78 is 42.3. The number of alkyl halides is 3. The second kappa shape index (κ2) is 5.54. The van der Waals surface area contributed by atoms with Crippen molar-refractivity contribution >= 4 is 6.08 Å². The van der Waals surface area contributed by atoms with Gasteiger partial charge in [-0.3, -0.25) is 0 Å². The highest BCUT2D eigenvalue weighted by atomic mass is 19.4. The molecule has 1 aromatic carbocycles. The van der Waals surface area contributed by atoms with Gasteiger partial charge in [-0.2, -0.15) is 13.2 Å². The molecule has 18 heavy (non-hydrogen) atoms. The summed E-state index contributed by atoms with van der Waals surface area (Å²) >= 11 is 0. The molecule has 0 amide bonds. The minimum atomic E-state index is -4.28. The molecule has 0 saturated carbocycles. The minimum absolute atomic E-state index is 0.126. The van der Waals surface area contributed by atoms with Gasteiger partial charge in [0.25, 0.3) is 0 Å². The van der Waals surface area contributed by atoms with Gasteiger partial charge in [-0.05, 0) is 17.7 Å². The molecular weight excluding hydrogens is 243 g/mol. The molecule has 2 nitrogen and oxygen atoms in total. The Balaban J connectivity index is 1.99. The van der Waals surface area contributed by atoms with Crippen LogP contribution in [0.5, 0.6) is 0 Å². The van der Waals surface area contributed by atoms with E-state index in [9.17, 15) is 13.2 Å². The van der Waals surface area contributed by atoms with Crippen molar-refractivity contribution < 1.29 is 17.9 Å². The Labute approximate surface area is 103 Å². The van der Waals surface area contributed by atoms with Gasteiger partial charge in [0.1, 0.15) is 0 Å². The van der Waals surface area contributed by atoms with Crippen LogP contribution in [0.4, 0.5) is 13.2 Å². The summed E-state index contributed by atoms with van der Waals surface area (Å²) in [5.74, 6) is 0. The smallest absolute Gasteiger partial charge is 0.378 e. The van der Waals surface area contributed by atoms with Crippen LogP contribution >= 0.6 is 0 Å². The first-order valence-corrected chi connectivity index (χ1v) is 5.72.